The van der Waals surface area contributed by atoms with Gasteiger partial charge in [-0.05, 0) is 23.6 Å². The highest BCUT2D eigenvalue weighted by Gasteiger charge is 2.46. The normalized spacial score (nSPS) is 22.4. The lowest BCUT2D eigenvalue weighted by Gasteiger charge is -2.17. The zero-order valence-electron chi connectivity index (χ0n) is 10.6. The van der Waals surface area contributed by atoms with Gasteiger partial charge in [-0.25, -0.2) is 9.18 Å². The number of hydrogen-bond acceptors (Lipinski definition) is 2. The van der Waals surface area contributed by atoms with Crippen molar-refractivity contribution < 1.29 is 19.1 Å². The summed E-state index contributed by atoms with van der Waals surface area (Å²) in [5.74, 6) is -1.85. The standard InChI is InChI=1S/C14H13FN2O3/c15-14(13(19)20)4-6-17(8-14)12(18)10-2-1-9-3-5-16-11(9)7-10/h1-3,5,7,16H,4,6,8H2,(H,19,20). The van der Waals surface area contributed by atoms with Crippen molar-refractivity contribution >= 4 is 22.8 Å². The number of fused-ring (bicyclic) bond motifs is 1. The summed E-state index contributed by atoms with van der Waals surface area (Å²) in [5.41, 5.74) is -1.08. The Balaban J connectivity index is 1.84. The van der Waals surface area contributed by atoms with Crippen molar-refractivity contribution in [3.8, 4) is 0 Å². The van der Waals surface area contributed by atoms with Crippen molar-refractivity contribution in [3.63, 3.8) is 0 Å². The minimum atomic E-state index is -2.33. The van der Waals surface area contributed by atoms with Crippen LogP contribution in [-0.4, -0.2) is 45.6 Å². The Morgan fingerprint density at radius 1 is 1.35 bits per heavy atom. The van der Waals surface area contributed by atoms with Crippen molar-refractivity contribution in [2.45, 2.75) is 12.1 Å². The Hall–Kier alpha value is -2.37. The summed E-state index contributed by atoms with van der Waals surface area (Å²) in [7, 11) is 0. The van der Waals surface area contributed by atoms with Gasteiger partial charge in [0, 0.05) is 30.2 Å². The topological polar surface area (TPSA) is 73.4 Å². The molecular weight excluding hydrogens is 263 g/mol. The Morgan fingerprint density at radius 3 is 2.85 bits per heavy atom. The molecule has 104 valence electrons. The third-order valence-electron chi connectivity index (χ3n) is 3.69. The molecule has 1 atom stereocenters. The summed E-state index contributed by atoms with van der Waals surface area (Å²) in [5, 5.41) is 9.82. The smallest absolute Gasteiger partial charge is 0.343 e. The van der Waals surface area contributed by atoms with E-state index in [1.165, 1.54) is 4.90 Å². The van der Waals surface area contributed by atoms with Gasteiger partial charge in [0.25, 0.3) is 5.91 Å². The van der Waals surface area contributed by atoms with Gasteiger partial charge in [0.15, 0.2) is 0 Å². The number of aliphatic carboxylic acids is 1. The van der Waals surface area contributed by atoms with E-state index in [1.54, 1.807) is 24.4 Å². The van der Waals surface area contributed by atoms with Crippen LogP contribution in [0.2, 0.25) is 0 Å². The third kappa shape index (κ3) is 1.93. The average molecular weight is 276 g/mol. The second-order valence-corrected chi connectivity index (χ2v) is 5.03. The molecule has 2 aromatic rings. The Labute approximate surface area is 114 Å². The highest BCUT2D eigenvalue weighted by molar-refractivity contribution is 5.98. The molecule has 1 fully saturated rings. The fourth-order valence-electron chi connectivity index (χ4n) is 2.48. The Morgan fingerprint density at radius 2 is 2.15 bits per heavy atom. The maximum absolute atomic E-state index is 14.0. The first-order chi connectivity index (χ1) is 9.49. The van der Waals surface area contributed by atoms with Crippen LogP contribution in [0.5, 0.6) is 0 Å². The lowest BCUT2D eigenvalue weighted by Crippen LogP contribution is -2.38. The molecule has 2 heterocycles. The van der Waals surface area contributed by atoms with E-state index in [-0.39, 0.29) is 18.9 Å². The van der Waals surface area contributed by atoms with Crippen molar-refractivity contribution in [2.75, 3.05) is 13.1 Å². The molecule has 0 radical (unpaired) electrons. The number of rotatable bonds is 2. The molecule has 2 N–H and O–H groups in total. The quantitative estimate of drug-likeness (QED) is 0.878. The van der Waals surface area contributed by atoms with E-state index in [2.05, 4.69) is 4.98 Å². The highest BCUT2D eigenvalue weighted by atomic mass is 19.1. The summed E-state index contributed by atoms with van der Waals surface area (Å²) >= 11 is 0. The van der Waals surface area contributed by atoms with Crippen LogP contribution in [0.4, 0.5) is 4.39 Å². The molecule has 3 rings (SSSR count). The number of H-pyrrole nitrogens is 1. The molecular formula is C14H13FN2O3. The second kappa shape index (κ2) is 4.33. The zero-order chi connectivity index (χ0) is 14.3. The molecule has 1 aliphatic heterocycles. The number of hydrogen-bond donors (Lipinski definition) is 2. The predicted octanol–water partition coefficient (Wildman–Crippen LogP) is 1.81. The van der Waals surface area contributed by atoms with Crippen molar-refractivity contribution in [3.05, 3.63) is 36.0 Å². The summed E-state index contributed by atoms with van der Waals surface area (Å²) < 4.78 is 14.0. The number of alkyl halides is 1. The number of halogens is 1. The fraction of sp³-hybridized carbons (Fsp3) is 0.286. The first kappa shape index (κ1) is 12.7. The largest absolute Gasteiger partial charge is 0.479 e. The number of nitrogens with zero attached hydrogens (tertiary/aromatic N) is 1. The van der Waals surface area contributed by atoms with E-state index in [0.29, 0.717) is 5.56 Å². The molecule has 0 aliphatic carbocycles. The third-order valence-corrected chi connectivity index (χ3v) is 3.69. The van der Waals surface area contributed by atoms with Gasteiger partial charge in [-0.1, -0.05) is 6.07 Å². The van der Waals surface area contributed by atoms with E-state index in [1.807, 2.05) is 6.07 Å². The number of carbonyl (C=O) groups excluding carboxylic acids is 1. The van der Waals surface area contributed by atoms with E-state index in [9.17, 15) is 14.0 Å². The Bertz CT molecular complexity index is 697. The number of benzene rings is 1. The average Bonchev–Trinajstić information content (AvgIpc) is 3.04. The molecule has 1 saturated heterocycles. The summed E-state index contributed by atoms with van der Waals surface area (Å²) in [4.78, 5) is 27.4. The summed E-state index contributed by atoms with van der Waals surface area (Å²) in [6.07, 6.45) is 1.60. The fourth-order valence-corrected chi connectivity index (χ4v) is 2.48. The van der Waals surface area contributed by atoms with Crippen LogP contribution >= 0.6 is 0 Å². The monoisotopic (exact) mass is 276 g/mol. The van der Waals surface area contributed by atoms with Crippen LogP contribution in [-0.2, 0) is 4.79 Å². The van der Waals surface area contributed by atoms with Crippen molar-refractivity contribution in [1.29, 1.82) is 0 Å². The van der Waals surface area contributed by atoms with Crippen LogP contribution in [0, 0.1) is 0 Å². The second-order valence-electron chi connectivity index (χ2n) is 5.03. The lowest BCUT2D eigenvalue weighted by molar-refractivity contribution is -0.149. The van der Waals surface area contributed by atoms with E-state index in [0.717, 1.165) is 10.9 Å². The van der Waals surface area contributed by atoms with Crippen LogP contribution in [0.3, 0.4) is 0 Å². The molecule has 20 heavy (non-hydrogen) atoms. The molecule has 0 spiro atoms. The predicted molar refractivity (Wildman–Crippen MR) is 70.3 cm³/mol. The molecule has 0 bridgehead atoms. The number of likely N-dealkylation sites (tertiary alicyclic amines) is 1. The van der Waals surface area contributed by atoms with Gasteiger partial charge in [0.05, 0.1) is 6.54 Å². The number of carboxylic acid groups (broad SMARTS) is 1. The maximum Gasteiger partial charge on any atom is 0.343 e. The van der Waals surface area contributed by atoms with E-state index >= 15 is 0 Å². The van der Waals surface area contributed by atoms with Gasteiger partial charge in [0.1, 0.15) is 0 Å². The first-order valence-corrected chi connectivity index (χ1v) is 6.28. The van der Waals surface area contributed by atoms with Crippen molar-refractivity contribution in [2.24, 2.45) is 0 Å². The van der Waals surface area contributed by atoms with Crippen LogP contribution in [0.25, 0.3) is 10.9 Å². The highest BCUT2D eigenvalue weighted by Crippen LogP contribution is 2.27. The molecule has 1 aromatic heterocycles. The summed E-state index contributed by atoms with van der Waals surface area (Å²) in [6.45, 7) is -0.283. The van der Waals surface area contributed by atoms with Crippen LogP contribution in [0.15, 0.2) is 30.5 Å². The number of aromatic amines is 1. The molecule has 1 aromatic carbocycles. The van der Waals surface area contributed by atoms with Crippen molar-refractivity contribution in [1.82, 2.24) is 9.88 Å². The minimum Gasteiger partial charge on any atom is -0.479 e. The van der Waals surface area contributed by atoms with E-state index in [4.69, 9.17) is 5.11 Å². The Kier molecular flexibility index (Phi) is 2.74. The SMILES string of the molecule is O=C(c1ccc2cc[nH]c2c1)N1CCC(F)(C(=O)O)C1. The number of carboxylic acids is 1. The van der Waals surface area contributed by atoms with Crippen LogP contribution < -0.4 is 0 Å². The van der Waals surface area contributed by atoms with Gasteiger partial charge in [0.2, 0.25) is 5.67 Å². The van der Waals surface area contributed by atoms with Gasteiger partial charge in [-0.2, -0.15) is 0 Å². The minimum absolute atomic E-state index is 0.115. The molecule has 1 amide bonds. The molecule has 6 heteroatoms. The van der Waals surface area contributed by atoms with Gasteiger partial charge >= 0.3 is 5.97 Å². The van der Waals surface area contributed by atoms with Gasteiger partial charge in [-0.3, -0.25) is 4.79 Å². The zero-order valence-corrected chi connectivity index (χ0v) is 10.6. The van der Waals surface area contributed by atoms with Crippen LogP contribution in [0.1, 0.15) is 16.8 Å². The van der Waals surface area contributed by atoms with Gasteiger partial charge in [-0.15, -0.1) is 0 Å². The molecule has 1 unspecified atom stereocenters. The molecule has 0 saturated carbocycles. The summed E-state index contributed by atoms with van der Waals surface area (Å²) in [6, 6.07) is 7.04. The maximum atomic E-state index is 14.0. The first-order valence-electron chi connectivity index (χ1n) is 6.28. The number of nitrogens with one attached hydrogen (secondary N) is 1. The van der Waals surface area contributed by atoms with Gasteiger partial charge < -0.3 is 15.0 Å². The number of aromatic nitrogens is 1. The van der Waals surface area contributed by atoms with E-state index < -0.39 is 18.2 Å². The number of amides is 1. The molecule has 1 aliphatic rings. The number of carbonyl (C=O) groups is 2. The molecule has 5 nitrogen and oxygen atoms in total. The lowest BCUT2D eigenvalue weighted by atomic mass is 10.1.